The van der Waals surface area contributed by atoms with Crippen molar-refractivity contribution in [2.75, 3.05) is 26.2 Å². The van der Waals surface area contributed by atoms with Gasteiger partial charge in [-0.25, -0.2) is 0 Å². The summed E-state index contributed by atoms with van der Waals surface area (Å²) in [7, 11) is 0. The third-order valence-electron chi connectivity index (χ3n) is 3.38. The Morgan fingerprint density at radius 2 is 1.59 bits per heavy atom. The van der Waals surface area contributed by atoms with Gasteiger partial charge in [0.05, 0.1) is 0 Å². The van der Waals surface area contributed by atoms with Gasteiger partial charge < -0.3 is 9.80 Å². The van der Waals surface area contributed by atoms with Crippen LogP contribution in [-0.2, 0) is 9.59 Å². The lowest BCUT2D eigenvalue weighted by Gasteiger charge is -2.12. The van der Waals surface area contributed by atoms with Crippen molar-refractivity contribution in [3.05, 3.63) is 0 Å². The molecule has 17 heavy (non-hydrogen) atoms. The van der Waals surface area contributed by atoms with Gasteiger partial charge in [-0.05, 0) is 25.2 Å². The molecule has 2 saturated heterocycles. The van der Waals surface area contributed by atoms with Gasteiger partial charge in [-0.2, -0.15) is 0 Å². The average molecular weight is 234 g/mol. The number of carbonyl (C=O) groups is 2. The number of carbonyl (C=O) groups excluding carboxylic acids is 2. The molecule has 0 aromatic carbocycles. The molecule has 4 nitrogen and oxygen atoms in total. The molecule has 0 bridgehead atoms. The monoisotopic (exact) mass is 234 g/mol. The summed E-state index contributed by atoms with van der Waals surface area (Å²) in [6, 6.07) is 0. The maximum atomic E-state index is 11.7. The fourth-order valence-corrected chi connectivity index (χ4v) is 2.30. The molecule has 92 valence electrons. The highest BCUT2D eigenvalue weighted by atomic mass is 16.2. The lowest BCUT2D eigenvalue weighted by molar-refractivity contribution is -0.126. The quantitative estimate of drug-likeness (QED) is 0.572. The first-order valence-corrected chi connectivity index (χ1v) is 6.26. The van der Waals surface area contributed by atoms with Crippen LogP contribution < -0.4 is 0 Å². The zero-order valence-corrected chi connectivity index (χ0v) is 10.2. The molecule has 0 aliphatic carbocycles. The number of rotatable bonds is 0. The second-order valence-corrected chi connectivity index (χ2v) is 4.89. The van der Waals surface area contributed by atoms with Gasteiger partial charge in [-0.3, -0.25) is 9.59 Å². The summed E-state index contributed by atoms with van der Waals surface area (Å²) in [5, 5.41) is 0. The Morgan fingerprint density at radius 1 is 1.00 bits per heavy atom. The molecular formula is C13H18N2O2. The van der Waals surface area contributed by atoms with Crippen molar-refractivity contribution in [2.45, 2.75) is 26.2 Å². The minimum Gasteiger partial charge on any atom is -0.332 e. The highest BCUT2D eigenvalue weighted by Crippen LogP contribution is 2.14. The van der Waals surface area contributed by atoms with E-state index in [0.717, 1.165) is 45.4 Å². The first kappa shape index (κ1) is 12.0. The van der Waals surface area contributed by atoms with Crippen LogP contribution in [0.4, 0.5) is 0 Å². The highest BCUT2D eigenvalue weighted by molar-refractivity contribution is 6.02. The third kappa shape index (κ3) is 3.00. The largest absolute Gasteiger partial charge is 0.332 e. The summed E-state index contributed by atoms with van der Waals surface area (Å²) in [5.74, 6) is 5.07. The second-order valence-electron chi connectivity index (χ2n) is 4.89. The molecule has 0 spiro atoms. The molecule has 1 unspecified atom stereocenters. The van der Waals surface area contributed by atoms with E-state index in [4.69, 9.17) is 0 Å². The molecule has 2 heterocycles. The molecule has 2 aliphatic rings. The van der Waals surface area contributed by atoms with E-state index in [9.17, 15) is 9.59 Å². The van der Waals surface area contributed by atoms with Crippen LogP contribution in [0.15, 0.2) is 0 Å². The van der Waals surface area contributed by atoms with Crippen molar-refractivity contribution >= 4 is 11.8 Å². The lowest BCUT2D eigenvalue weighted by Crippen LogP contribution is -2.29. The first-order chi connectivity index (χ1) is 8.16. The molecule has 2 amide bonds. The van der Waals surface area contributed by atoms with Gasteiger partial charge in [0.2, 0.25) is 0 Å². The van der Waals surface area contributed by atoms with E-state index in [1.807, 2.05) is 0 Å². The smallest absolute Gasteiger partial charge is 0.299 e. The zero-order valence-electron chi connectivity index (χ0n) is 10.2. The van der Waals surface area contributed by atoms with E-state index in [1.165, 1.54) is 0 Å². The minimum absolute atomic E-state index is 0.205. The third-order valence-corrected chi connectivity index (χ3v) is 3.38. The van der Waals surface area contributed by atoms with Gasteiger partial charge in [-0.15, -0.1) is 0 Å². The summed E-state index contributed by atoms with van der Waals surface area (Å²) in [5.41, 5.74) is 0. The molecule has 2 fully saturated rings. The Hall–Kier alpha value is -1.50. The molecule has 0 N–H and O–H groups in total. The Kier molecular flexibility index (Phi) is 3.68. The number of amides is 2. The molecule has 1 atom stereocenters. The Labute approximate surface area is 102 Å². The van der Waals surface area contributed by atoms with Crippen LogP contribution in [0.25, 0.3) is 0 Å². The van der Waals surface area contributed by atoms with Crippen LogP contribution >= 0.6 is 0 Å². The van der Waals surface area contributed by atoms with Crippen molar-refractivity contribution < 1.29 is 9.59 Å². The van der Waals surface area contributed by atoms with Crippen molar-refractivity contribution in [1.29, 1.82) is 0 Å². The Bertz CT molecular complexity index is 375. The van der Waals surface area contributed by atoms with Crippen LogP contribution in [0.2, 0.25) is 0 Å². The van der Waals surface area contributed by atoms with Crippen LogP contribution in [0.1, 0.15) is 26.2 Å². The van der Waals surface area contributed by atoms with Crippen molar-refractivity contribution in [2.24, 2.45) is 5.92 Å². The van der Waals surface area contributed by atoms with Gasteiger partial charge in [-0.1, -0.05) is 6.92 Å². The van der Waals surface area contributed by atoms with E-state index in [1.54, 1.807) is 9.80 Å². The Balaban J connectivity index is 1.87. The van der Waals surface area contributed by atoms with E-state index in [2.05, 4.69) is 18.8 Å². The molecule has 0 aromatic rings. The number of nitrogens with zero attached hydrogens (tertiary/aromatic N) is 2. The predicted molar refractivity (Wildman–Crippen MR) is 64.0 cm³/mol. The van der Waals surface area contributed by atoms with Gasteiger partial charge in [0, 0.05) is 38.0 Å². The molecule has 0 aromatic heterocycles. The standard InChI is InChI=1S/C13H18N2O2/c1-11-6-9-15(10-11)13(17)5-4-12(16)14-7-2-3-8-14/h11H,2-3,6-10H2,1H3. The summed E-state index contributed by atoms with van der Waals surface area (Å²) < 4.78 is 0. The maximum Gasteiger partial charge on any atom is 0.299 e. The molecule has 0 radical (unpaired) electrons. The number of hydrogen-bond donors (Lipinski definition) is 0. The van der Waals surface area contributed by atoms with Crippen molar-refractivity contribution in [3.8, 4) is 11.8 Å². The van der Waals surface area contributed by atoms with E-state index >= 15 is 0 Å². The van der Waals surface area contributed by atoms with E-state index < -0.39 is 0 Å². The molecule has 4 heteroatoms. The van der Waals surface area contributed by atoms with Crippen LogP contribution in [0.5, 0.6) is 0 Å². The first-order valence-electron chi connectivity index (χ1n) is 6.26. The summed E-state index contributed by atoms with van der Waals surface area (Å²) in [6.07, 6.45) is 3.13. The normalized spacial score (nSPS) is 23.5. The summed E-state index contributed by atoms with van der Waals surface area (Å²) in [6.45, 7) is 5.22. The summed E-state index contributed by atoms with van der Waals surface area (Å²) >= 11 is 0. The van der Waals surface area contributed by atoms with Gasteiger partial charge in [0.1, 0.15) is 0 Å². The fraction of sp³-hybridized carbons (Fsp3) is 0.692. The van der Waals surface area contributed by atoms with Gasteiger partial charge in [0.15, 0.2) is 0 Å². The molecule has 2 aliphatic heterocycles. The topological polar surface area (TPSA) is 40.6 Å². The molecule has 2 rings (SSSR count). The SMILES string of the molecule is CC1CCN(C(=O)C#CC(=O)N2CCCC2)C1. The fourth-order valence-electron chi connectivity index (χ4n) is 2.30. The number of likely N-dealkylation sites (tertiary alicyclic amines) is 2. The van der Waals surface area contributed by atoms with Crippen LogP contribution in [0.3, 0.4) is 0 Å². The van der Waals surface area contributed by atoms with Crippen molar-refractivity contribution in [3.63, 3.8) is 0 Å². The maximum absolute atomic E-state index is 11.7. The lowest BCUT2D eigenvalue weighted by atomic mass is 10.2. The zero-order chi connectivity index (χ0) is 12.3. The van der Waals surface area contributed by atoms with Gasteiger partial charge >= 0.3 is 0 Å². The number of hydrogen-bond acceptors (Lipinski definition) is 2. The van der Waals surface area contributed by atoms with Crippen LogP contribution in [0, 0.1) is 17.8 Å². The van der Waals surface area contributed by atoms with Crippen molar-refractivity contribution in [1.82, 2.24) is 9.80 Å². The second kappa shape index (κ2) is 5.22. The molecular weight excluding hydrogens is 216 g/mol. The molecule has 0 saturated carbocycles. The Morgan fingerprint density at radius 3 is 2.12 bits per heavy atom. The van der Waals surface area contributed by atoms with Crippen LogP contribution in [-0.4, -0.2) is 47.8 Å². The van der Waals surface area contributed by atoms with E-state index in [-0.39, 0.29) is 11.8 Å². The summed E-state index contributed by atoms with van der Waals surface area (Å²) in [4.78, 5) is 26.7. The average Bonchev–Trinajstić information content (AvgIpc) is 2.95. The highest BCUT2D eigenvalue weighted by Gasteiger charge is 2.22. The minimum atomic E-state index is -0.207. The predicted octanol–water partition coefficient (Wildman–Crippen LogP) is 0.481. The van der Waals surface area contributed by atoms with Gasteiger partial charge in [0.25, 0.3) is 11.8 Å². The van der Waals surface area contributed by atoms with E-state index in [0.29, 0.717) is 5.92 Å².